The van der Waals surface area contributed by atoms with E-state index < -0.39 is 0 Å². The van der Waals surface area contributed by atoms with Crippen LogP contribution in [0.2, 0.25) is 0 Å². The summed E-state index contributed by atoms with van der Waals surface area (Å²) >= 11 is 1.53. The Balaban J connectivity index is 1.45. The molecule has 0 aromatic carbocycles. The zero-order valence-corrected chi connectivity index (χ0v) is 14.4. The van der Waals surface area contributed by atoms with Crippen LogP contribution < -0.4 is 15.4 Å². The van der Waals surface area contributed by atoms with Crippen LogP contribution in [0, 0.1) is 6.92 Å². The van der Waals surface area contributed by atoms with Crippen molar-refractivity contribution in [3.63, 3.8) is 0 Å². The number of aryl methyl sites for hydroxylation is 1. The van der Waals surface area contributed by atoms with Crippen LogP contribution in [0.1, 0.15) is 5.56 Å². The van der Waals surface area contributed by atoms with E-state index in [9.17, 15) is 0 Å². The Morgan fingerprint density at radius 3 is 2.96 bits per heavy atom. The van der Waals surface area contributed by atoms with Gasteiger partial charge in [0, 0.05) is 6.20 Å². The summed E-state index contributed by atoms with van der Waals surface area (Å²) in [5.41, 5.74) is 1.89. The van der Waals surface area contributed by atoms with Gasteiger partial charge in [-0.05, 0) is 30.7 Å². The second-order valence-electron chi connectivity index (χ2n) is 5.53. The number of nitrogens with one attached hydrogen (secondary N) is 2. The molecule has 1 unspecified atom stereocenters. The molecule has 0 saturated carbocycles. The van der Waals surface area contributed by atoms with Gasteiger partial charge in [0.15, 0.2) is 6.23 Å². The third-order valence-corrected chi connectivity index (χ3v) is 4.61. The zero-order valence-electron chi connectivity index (χ0n) is 13.6. The molecule has 0 radical (unpaired) electrons. The van der Waals surface area contributed by atoms with E-state index >= 15 is 0 Å². The quantitative estimate of drug-likeness (QED) is 0.728. The lowest BCUT2D eigenvalue weighted by Gasteiger charge is -2.11. The number of hydrogen-bond donors (Lipinski definition) is 2. The topological polar surface area (TPSA) is 81.2 Å². The molecule has 2 N–H and O–H groups in total. The SMILES string of the molecule is Cc1cccnc1Nc1cnc(-c2ccc(OC3COCN3)cn2)s1. The Morgan fingerprint density at radius 1 is 1.24 bits per heavy atom. The first-order valence-corrected chi connectivity index (χ1v) is 8.68. The van der Waals surface area contributed by atoms with Crippen molar-refractivity contribution in [2.75, 3.05) is 18.7 Å². The van der Waals surface area contributed by atoms with Crippen LogP contribution in [-0.2, 0) is 4.74 Å². The molecule has 1 aliphatic heterocycles. The van der Waals surface area contributed by atoms with Crippen molar-refractivity contribution < 1.29 is 9.47 Å². The summed E-state index contributed by atoms with van der Waals surface area (Å²) in [7, 11) is 0. The van der Waals surface area contributed by atoms with Crippen LogP contribution >= 0.6 is 11.3 Å². The highest BCUT2D eigenvalue weighted by Crippen LogP contribution is 2.30. The standard InChI is InChI=1S/C17H17N5O2S/c1-11-3-2-6-18-16(11)22-15-8-20-17(25-15)13-5-4-12(7-19-13)24-14-9-23-10-21-14/h2-8,14,21H,9-10H2,1H3,(H,18,22). The molecule has 1 saturated heterocycles. The Kier molecular flexibility index (Phi) is 4.55. The number of aromatic nitrogens is 3. The smallest absolute Gasteiger partial charge is 0.175 e. The van der Waals surface area contributed by atoms with E-state index in [2.05, 4.69) is 25.6 Å². The fourth-order valence-corrected chi connectivity index (χ4v) is 3.17. The molecule has 7 nitrogen and oxygen atoms in total. The van der Waals surface area contributed by atoms with E-state index in [1.165, 1.54) is 11.3 Å². The van der Waals surface area contributed by atoms with Crippen molar-refractivity contribution in [3.8, 4) is 16.5 Å². The van der Waals surface area contributed by atoms with Crippen LogP contribution in [0.4, 0.5) is 10.8 Å². The van der Waals surface area contributed by atoms with Gasteiger partial charge < -0.3 is 14.8 Å². The van der Waals surface area contributed by atoms with Gasteiger partial charge in [0.25, 0.3) is 0 Å². The third kappa shape index (κ3) is 3.76. The number of thiazole rings is 1. The van der Waals surface area contributed by atoms with Gasteiger partial charge in [0.1, 0.15) is 21.6 Å². The van der Waals surface area contributed by atoms with Gasteiger partial charge in [-0.1, -0.05) is 17.4 Å². The Labute approximate surface area is 149 Å². The first-order chi connectivity index (χ1) is 12.3. The predicted octanol–water partition coefficient (Wildman–Crippen LogP) is 2.93. The molecule has 25 heavy (non-hydrogen) atoms. The Hall–Kier alpha value is -2.55. The van der Waals surface area contributed by atoms with Crippen molar-refractivity contribution >= 4 is 22.2 Å². The molecule has 4 heterocycles. The molecule has 1 aliphatic rings. The number of nitrogens with zero attached hydrogens (tertiary/aromatic N) is 3. The van der Waals surface area contributed by atoms with Gasteiger partial charge >= 0.3 is 0 Å². The Morgan fingerprint density at radius 2 is 2.20 bits per heavy atom. The average Bonchev–Trinajstić information content (AvgIpc) is 3.30. The molecule has 0 aliphatic carbocycles. The molecule has 3 aromatic heterocycles. The third-order valence-electron chi connectivity index (χ3n) is 3.67. The van der Waals surface area contributed by atoms with Crippen LogP contribution in [0.3, 0.4) is 0 Å². The van der Waals surface area contributed by atoms with Crippen LogP contribution in [0.25, 0.3) is 10.7 Å². The second-order valence-corrected chi connectivity index (χ2v) is 6.56. The Bertz CT molecular complexity index is 846. The summed E-state index contributed by atoms with van der Waals surface area (Å²) in [6, 6.07) is 7.72. The van der Waals surface area contributed by atoms with Crippen molar-refractivity contribution in [3.05, 3.63) is 48.4 Å². The van der Waals surface area contributed by atoms with Gasteiger partial charge in [-0.15, -0.1) is 0 Å². The molecule has 1 atom stereocenters. The minimum absolute atomic E-state index is 0.120. The van der Waals surface area contributed by atoms with Crippen molar-refractivity contribution in [1.29, 1.82) is 0 Å². The maximum absolute atomic E-state index is 5.73. The average molecular weight is 355 g/mol. The molecule has 8 heteroatoms. The van der Waals surface area contributed by atoms with Crippen molar-refractivity contribution in [1.82, 2.24) is 20.3 Å². The largest absolute Gasteiger partial charge is 0.471 e. The monoisotopic (exact) mass is 355 g/mol. The summed E-state index contributed by atoms with van der Waals surface area (Å²) in [6.07, 6.45) is 5.14. The van der Waals surface area contributed by atoms with Gasteiger partial charge in [-0.25, -0.2) is 15.0 Å². The van der Waals surface area contributed by atoms with Crippen molar-refractivity contribution in [2.45, 2.75) is 13.2 Å². The number of pyridine rings is 2. The summed E-state index contributed by atoms with van der Waals surface area (Å²) in [5.74, 6) is 1.53. The summed E-state index contributed by atoms with van der Waals surface area (Å²) in [6.45, 7) is 3.07. The van der Waals surface area contributed by atoms with E-state index in [4.69, 9.17) is 9.47 Å². The lowest BCUT2D eigenvalue weighted by Crippen LogP contribution is -2.29. The van der Waals surface area contributed by atoms with E-state index in [0.29, 0.717) is 19.1 Å². The molecular formula is C17H17N5O2S. The van der Waals surface area contributed by atoms with Crippen LogP contribution in [-0.4, -0.2) is 34.5 Å². The summed E-state index contributed by atoms with van der Waals surface area (Å²) in [4.78, 5) is 13.2. The summed E-state index contributed by atoms with van der Waals surface area (Å²) < 4.78 is 10.9. The number of ether oxygens (including phenoxy) is 2. The fraction of sp³-hybridized carbons (Fsp3) is 0.235. The summed E-state index contributed by atoms with van der Waals surface area (Å²) in [5, 5.41) is 8.14. The number of anilines is 2. The normalized spacial score (nSPS) is 16.8. The highest BCUT2D eigenvalue weighted by atomic mass is 32.1. The first-order valence-electron chi connectivity index (χ1n) is 7.86. The van der Waals surface area contributed by atoms with E-state index in [-0.39, 0.29) is 6.23 Å². The maximum Gasteiger partial charge on any atom is 0.175 e. The molecular weight excluding hydrogens is 338 g/mol. The fourth-order valence-electron chi connectivity index (χ4n) is 2.38. The maximum atomic E-state index is 5.73. The van der Waals surface area contributed by atoms with Gasteiger partial charge in [0.05, 0.1) is 31.4 Å². The minimum Gasteiger partial charge on any atom is -0.471 e. The van der Waals surface area contributed by atoms with Crippen molar-refractivity contribution in [2.24, 2.45) is 0 Å². The van der Waals surface area contributed by atoms with E-state index in [1.54, 1.807) is 18.6 Å². The second kappa shape index (κ2) is 7.14. The van der Waals surface area contributed by atoms with E-state index in [1.807, 2.05) is 31.2 Å². The predicted molar refractivity (Wildman–Crippen MR) is 96.0 cm³/mol. The van der Waals surface area contributed by atoms with E-state index in [0.717, 1.165) is 27.1 Å². The lowest BCUT2D eigenvalue weighted by atomic mass is 10.3. The first kappa shape index (κ1) is 15.9. The molecule has 128 valence electrons. The molecule has 0 spiro atoms. The molecule has 0 bridgehead atoms. The van der Waals surface area contributed by atoms with Crippen LogP contribution in [0.15, 0.2) is 42.9 Å². The lowest BCUT2D eigenvalue weighted by molar-refractivity contribution is 0.139. The highest BCUT2D eigenvalue weighted by Gasteiger charge is 2.16. The molecule has 4 rings (SSSR count). The minimum atomic E-state index is -0.120. The molecule has 1 fully saturated rings. The van der Waals surface area contributed by atoms with Gasteiger partial charge in [-0.3, -0.25) is 5.32 Å². The van der Waals surface area contributed by atoms with Crippen LogP contribution in [0.5, 0.6) is 5.75 Å². The molecule has 0 amide bonds. The number of hydrogen-bond acceptors (Lipinski definition) is 8. The number of rotatable bonds is 5. The molecule has 3 aromatic rings. The highest BCUT2D eigenvalue weighted by molar-refractivity contribution is 7.18. The van der Waals surface area contributed by atoms with Gasteiger partial charge in [-0.2, -0.15) is 0 Å². The zero-order chi connectivity index (χ0) is 17.1. The van der Waals surface area contributed by atoms with Gasteiger partial charge in [0.2, 0.25) is 0 Å².